The first-order chi connectivity index (χ1) is 14.2. The third kappa shape index (κ3) is 4.11. The number of hydrogen-bond acceptors (Lipinski definition) is 3. The van der Waals surface area contributed by atoms with Gasteiger partial charge in [-0.15, -0.1) is 0 Å². The number of anilines is 1. The van der Waals surface area contributed by atoms with Crippen molar-refractivity contribution >= 4 is 28.9 Å². The van der Waals surface area contributed by atoms with Crippen molar-refractivity contribution in [2.24, 2.45) is 0 Å². The number of amides is 1. The molecule has 0 heterocycles. The summed E-state index contributed by atoms with van der Waals surface area (Å²) < 4.78 is 56.8. The number of nitro benzene ring substituents is 1. The second-order valence-electron chi connectivity index (χ2n) is 6.08. The highest BCUT2D eigenvalue weighted by Gasteiger charge is 2.31. The first kappa shape index (κ1) is 21.3. The average molecular weight is 439 g/mol. The molecule has 3 rings (SSSR count). The van der Waals surface area contributed by atoms with Crippen LogP contribution < -0.4 is 4.90 Å². The first-order valence-electron chi connectivity index (χ1n) is 8.33. The molecule has 0 bridgehead atoms. The second kappa shape index (κ2) is 8.50. The topological polar surface area (TPSA) is 63.5 Å². The standard InChI is InChI=1S/C20H11ClF4N2O3/c21-11-7-8-17(27(29)30)18(9-11)26(10-12-13(22)3-1-4-14(12)23)20(28)19-15(24)5-2-6-16(19)25/h1-9H,10H2. The van der Waals surface area contributed by atoms with Gasteiger partial charge in [0.25, 0.3) is 11.6 Å². The van der Waals surface area contributed by atoms with E-state index in [4.69, 9.17) is 11.6 Å². The van der Waals surface area contributed by atoms with Crippen LogP contribution in [0.25, 0.3) is 0 Å². The normalized spacial score (nSPS) is 10.7. The van der Waals surface area contributed by atoms with Gasteiger partial charge in [-0.25, -0.2) is 17.6 Å². The highest BCUT2D eigenvalue weighted by atomic mass is 35.5. The molecule has 10 heteroatoms. The van der Waals surface area contributed by atoms with Crippen LogP contribution in [-0.2, 0) is 6.54 Å². The summed E-state index contributed by atoms with van der Waals surface area (Å²) in [7, 11) is 0. The smallest absolute Gasteiger partial charge is 0.293 e. The molecule has 0 aliphatic heterocycles. The molecule has 1 amide bonds. The van der Waals surface area contributed by atoms with Crippen LogP contribution in [0, 0.1) is 33.4 Å². The van der Waals surface area contributed by atoms with Gasteiger partial charge in [0.15, 0.2) is 0 Å². The van der Waals surface area contributed by atoms with Crippen molar-refractivity contribution in [1.29, 1.82) is 0 Å². The van der Waals surface area contributed by atoms with Crippen molar-refractivity contribution in [3.8, 4) is 0 Å². The van der Waals surface area contributed by atoms with Gasteiger partial charge in [-0.3, -0.25) is 19.8 Å². The van der Waals surface area contributed by atoms with Crippen LogP contribution in [0.5, 0.6) is 0 Å². The lowest BCUT2D eigenvalue weighted by Gasteiger charge is -2.24. The van der Waals surface area contributed by atoms with Gasteiger partial charge < -0.3 is 0 Å². The second-order valence-corrected chi connectivity index (χ2v) is 6.51. The third-order valence-corrected chi connectivity index (χ3v) is 4.46. The molecule has 0 radical (unpaired) electrons. The SMILES string of the molecule is O=C(c1c(F)cccc1F)N(Cc1c(F)cccc1F)c1cc(Cl)ccc1[N+](=O)[O-]. The Kier molecular flexibility index (Phi) is 6.02. The minimum atomic E-state index is -1.38. The van der Waals surface area contributed by atoms with Crippen LogP contribution in [0.4, 0.5) is 28.9 Å². The zero-order valence-corrected chi connectivity index (χ0v) is 15.7. The van der Waals surface area contributed by atoms with Gasteiger partial charge in [0.2, 0.25) is 0 Å². The number of nitro groups is 1. The van der Waals surface area contributed by atoms with E-state index in [2.05, 4.69) is 0 Å². The van der Waals surface area contributed by atoms with Crippen LogP contribution in [0.15, 0.2) is 54.6 Å². The number of hydrogen-bond donors (Lipinski definition) is 0. The van der Waals surface area contributed by atoms with Crippen molar-refractivity contribution in [2.75, 3.05) is 4.90 Å². The molecule has 0 aliphatic carbocycles. The molecule has 0 aliphatic rings. The quantitative estimate of drug-likeness (QED) is 0.294. The van der Waals surface area contributed by atoms with E-state index in [0.29, 0.717) is 4.90 Å². The molecule has 30 heavy (non-hydrogen) atoms. The molecule has 0 spiro atoms. The maximum absolute atomic E-state index is 14.2. The van der Waals surface area contributed by atoms with E-state index >= 15 is 0 Å². The zero-order valence-electron chi connectivity index (χ0n) is 14.9. The molecule has 3 aromatic rings. The molecule has 154 valence electrons. The summed E-state index contributed by atoms with van der Waals surface area (Å²) in [6.07, 6.45) is 0. The summed E-state index contributed by atoms with van der Waals surface area (Å²) in [6, 6.07) is 8.67. The molecule has 0 fully saturated rings. The monoisotopic (exact) mass is 438 g/mol. The van der Waals surface area contributed by atoms with Crippen molar-refractivity contribution in [2.45, 2.75) is 6.54 Å². The third-order valence-electron chi connectivity index (χ3n) is 4.22. The molecule has 5 nitrogen and oxygen atoms in total. The van der Waals surface area contributed by atoms with Crippen LogP contribution >= 0.6 is 11.6 Å². The summed E-state index contributed by atoms with van der Waals surface area (Å²) in [4.78, 5) is 24.1. The largest absolute Gasteiger partial charge is 0.297 e. The maximum Gasteiger partial charge on any atom is 0.293 e. The fraction of sp³-hybridized carbons (Fsp3) is 0.0500. The Bertz CT molecular complexity index is 1120. The van der Waals surface area contributed by atoms with E-state index in [1.165, 1.54) is 6.07 Å². The molecule has 0 N–H and O–H groups in total. The van der Waals surface area contributed by atoms with Gasteiger partial charge in [-0.05, 0) is 36.4 Å². The highest BCUT2D eigenvalue weighted by Crippen LogP contribution is 2.34. The van der Waals surface area contributed by atoms with Gasteiger partial charge in [0.05, 0.1) is 11.5 Å². The van der Waals surface area contributed by atoms with Gasteiger partial charge in [-0.2, -0.15) is 0 Å². The number of carbonyl (C=O) groups excluding carboxylic acids is 1. The molecule has 0 atom stereocenters. The van der Waals surface area contributed by atoms with Crippen LogP contribution in [-0.4, -0.2) is 10.8 Å². The Morgan fingerprint density at radius 1 is 0.933 bits per heavy atom. The summed E-state index contributed by atoms with van der Waals surface area (Å²) in [5.41, 5.74) is -2.80. The summed E-state index contributed by atoms with van der Waals surface area (Å²) in [6.45, 7) is -0.883. The van der Waals surface area contributed by atoms with Crippen molar-refractivity contribution in [1.82, 2.24) is 0 Å². The van der Waals surface area contributed by atoms with Crippen molar-refractivity contribution < 1.29 is 27.3 Å². The molecule has 0 saturated carbocycles. The number of benzene rings is 3. The summed E-state index contributed by atoms with van der Waals surface area (Å²) in [5.74, 6) is -5.97. The summed E-state index contributed by atoms with van der Waals surface area (Å²) in [5, 5.41) is 11.4. The Morgan fingerprint density at radius 2 is 1.47 bits per heavy atom. The highest BCUT2D eigenvalue weighted by molar-refractivity contribution is 6.31. The summed E-state index contributed by atoms with van der Waals surface area (Å²) >= 11 is 5.89. The lowest BCUT2D eigenvalue weighted by molar-refractivity contribution is -0.384. The lowest BCUT2D eigenvalue weighted by Crippen LogP contribution is -2.33. The Balaban J connectivity index is 2.24. The van der Waals surface area contributed by atoms with Gasteiger partial charge >= 0.3 is 0 Å². The Labute approximate surface area is 172 Å². The fourth-order valence-electron chi connectivity index (χ4n) is 2.81. The maximum atomic E-state index is 14.2. The molecule has 0 unspecified atom stereocenters. The minimum absolute atomic E-state index is 0.0450. The predicted octanol–water partition coefficient (Wildman–Crippen LogP) is 5.65. The van der Waals surface area contributed by atoms with Crippen LogP contribution in [0.3, 0.4) is 0 Å². The average Bonchev–Trinajstić information content (AvgIpc) is 2.67. The van der Waals surface area contributed by atoms with E-state index < -0.39 is 63.1 Å². The van der Waals surface area contributed by atoms with E-state index in [9.17, 15) is 32.5 Å². The molecular weight excluding hydrogens is 428 g/mol. The first-order valence-corrected chi connectivity index (χ1v) is 8.71. The van der Waals surface area contributed by atoms with Crippen LogP contribution in [0.1, 0.15) is 15.9 Å². The van der Waals surface area contributed by atoms with Crippen molar-refractivity contribution in [3.63, 3.8) is 0 Å². The lowest BCUT2D eigenvalue weighted by atomic mass is 10.1. The van der Waals surface area contributed by atoms with E-state index in [1.54, 1.807) is 0 Å². The Hall–Kier alpha value is -3.46. The molecular formula is C20H11ClF4N2O3. The fourth-order valence-corrected chi connectivity index (χ4v) is 2.98. The number of nitrogens with zero attached hydrogens (tertiary/aromatic N) is 2. The number of rotatable bonds is 5. The van der Waals surface area contributed by atoms with Gasteiger partial charge in [-0.1, -0.05) is 23.7 Å². The number of halogens is 5. The Morgan fingerprint density at radius 3 is 2.00 bits per heavy atom. The van der Waals surface area contributed by atoms with Gasteiger partial charge in [0, 0.05) is 16.7 Å². The van der Waals surface area contributed by atoms with E-state index in [1.807, 2.05) is 0 Å². The van der Waals surface area contributed by atoms with Crippen LogP contribution in [0.2, 0.25) is 5.02 Å². The zero-order chi connectivity index (χ0) is 22.0. The molecule has 0 saturated heterocycles. The van der Waals surface area contributed by atoms with E-state index in [-0.39, 0.29) is 5.02 Å². The minimum Gasteiger partial charge on any atom is -0.297 e. The van der Waals surface area contributed by atoms with E-state index in [0.717, 1.165) is 48.5 Å². The molecule has 3 aromatic carbocycles. The predicted molar refractivity (Wildman–Crippen MR) is 101 cm³/mol. The molecule has 0 aromatic heterocycles. The van der Waals surface area contributed by atoms with Crippen molar-refractivity contribution in [3.05, 3.63) is 104 Å². The number of carbonyl (C=O) groups is 1. The van der Waals surface area contributed by atoms with Gasteiger partial charge in [0.1, 0.15) is 34.5 Å².